The molecule has 2 atom stereocenters. The van der Waals surface area contributed by atoms with E-state index < -0.39 is 12.1 Å². The van der Waals surface area contributed by atoms with E-state index in [0.717, 1.165) is 5.56 Å². The van der Waals surface area contributed by atoms with Crippen LogP contribution in [0.15, 0.2) is 72.8 Å². The van der Waals surface area contributed by atoms with Crippen LogP contribution in [-0.2, 0) is 16.1 Å². The van der Waals surface area contributed by atoms with E-state index in [2.05, 4.69) is 5.32 Å². The summed E-state index contributed by atoms with van der Waals surface area (Å²) in [4.78, 5) is 26.8. The Balaban J connectivity index is 1.47. The first-order chi connectivity index (χ1) is 17.0. The summed E-state index contributed by atoms with van der Waals surface area (Å²) in [5, 5.41) is 22.8. The topological polar surface area (TPSA) is 112 Å². The molecule has 0 unspecified atom stereocenters. The van der Waals surface area contributed by atoms with Gasteiger partial charge in [-0.3, -0.25) is 9.59 Å². The van der Waals surface area contributed by atoms with Gasteiger partial charge in [-0.25, -0.2) is 0 Å². The van der Waals surface area contributed by atoms with Gasteiger partial charge in [0.05, 0.1) is 31.4 Å². The fourth-order valence-electron chi connectivity index (χ4n) is 3.99. The van der Waals surface area contributed by atoms with Crippen molar-refractivity contribution in [1.82, 2.24) is 4.90 Å². The van der Waals surface area contributed by atoms with Crippen LogP contribution in [0.5, 0.6) is 5.75 Å². The highest BCUT2D eigenvalue weighted by molar-refractivity contribution is 6.04. The lowest BCUT2D eigenvalue weighted by Crippen LogP contribution is -2.51. The number of carbonyl (C=O) groups excluding carboxylic acids is 2. The predicted octanol–water partition coefficient (Wildman–Crippen LogP) is 3.28. The molecule has 4 rings (SSSR count). The van der Waals surface area contributed by atoms with E-state index in [1.54, 1.807) is 60.5 Å². The molecule has 0 aliphatic carbocycles. The number of nitrogens with zero attached hydrogens (tertiary/aromatic N) is 2. The van der Waals surface area contributed by atoms with Gasteiger partial charge in [-0.05, 0) is 48.0 Å². The Morgan fingerprint density at radius 2 is 1.89 bits per heavy atom. The van der Waals surface area contributed by atoms with Crippen molar-refractivity contribution in [1.29, 1.82) is 5.26 Å². The van der Waals surface area contributed by atoms with Gasteiger partial charge in [0.25, 0.3) is 5.91 Å². The molecule has 3 aromatic carbocycles. The molecule has 0 radical (unpaired) electrons. The molecule has 0 aromatic heterocycles. The summed E-state index contributed by atoms with van der Waals surface area (Å²) >= 11 is 0. The third kappa shape index (κ3) is 5.49. The minimum atomic E-state index is -0.989. The molecule has 2 N–H and O–H groups in total. The Bertz CT molecular complexity index is 1230. The van der Waals surface area contributed by atoms with Crippen molar-refractivity contribution in [3.05, 3.63) is 95.1 Å². The first kappa shape index (κ1) is 24.0. The van der Waals surface area contributed by atoms with Gasteiger partial charge in [-0.1, -0.05) is 30.3 Å². The first-order valence-corrected chi connectivity index (χ1v) is 11.1. The van der Waals surface area contributed by atoms with Gasteiger partial charge < -0.3 is 24.8 Å². The first-order valence-electron chi connectivity index (χ1n) is 11.1. The van der Waals surface area contributed by atoms with Crippen molar-refractivity contribution >= 4 is 17.5 Å². The molecule has 1 saturated heterocycles. The monoisotopic (exact) mass is 471 g/mol. The van der Waals surface area contributed by atoms with E-state index in [-0.39, 0.29) is 31.6 Å². The average Bonchev–Trinajstić information content (AvgIpc) is 2.90. The van der Waals surface area contributed by atoms with Crippen molar-refractivity contribution in [2.45, 2.75) is 18.7 Å². The number of amides is 2. The number of para-hydroxylation sites is 1. The van der Waals surface area contributed by atoms with E-state index in [9.17, 15) is 14.7 Å². The van der Waals surface area contributed by atoms with Crippen LogP contribution in [0.3, 0.4) is 0 Å². The lowest BCUT2D eigenvalue weighted by molar-refractivity contribution is -0.155. The fraction of sp³-hybridized carbons (Fsp3) is 0.222. The van der Waals surface area contributed by atoms with Crippen molar-refractivity contribution in [3.63, 3.8) is 0 Å². The number of carbonyl (C=O) groups is 2. The number of hydrogen-bond donors (Lipinski definition) is 2. The number of ether oxygens (including phenoxy) is 2. The summed E-state index contributed by atoms with van der Waals surface area (Å²) in [5.41, 5.74) is 2.89. The van der Waals surface area contributed by atoms with Crippen molar-refractivity contribution < 1.29 is 24.2 Å². The van der Waals surface area contributed by atoms with Gasteiger partial charge in [-0.15, -0.1) is 0 Å². The van der Waals surface area contributed by atoms with Crippen LogP contribution in [0, 0.1) is 11.3 Å². The van der Waals surface area contributed by atoms with E-state index in [1.807, 2.05) is 30.3 Å². The molecule has 2 amide bonds. The average molecular weight is 472 g/mol. The second kappa shape index (κ2) is 10.8. The second-order valence-electron chi connectivity index (χ2n) is 8.13. The van der Waals surface area contributed by atoms with Crippen LogP contribution in [-0.4, -0.2) is 48.2 Å². The quantitative estimate of drug-likeness (QED) is 0.547. The molecule has 0 saturated carbocycles. The number of benzene rings is 3. The highest BCUT2D eigenvalue weighted by Gasteiger charge is 2.35. The maximum Gasteiger partial charge on any atom is 0.255 e. The molecule has 0 bridgehead atoms. The zero-order chi connectivity index (χ0) is 24.8. The number of nitrogens with one attached hydrogen (secondary N) is 1. The summed E-state index contributed by atoms with van der Waals surface area (Å²) in [6.07, 6.45) is -0.989. The number of rotatable bonds is 7. The summed E-state index contributed by atoms with van der Waals surface area (Å²) in [5.74, 6) is 0.150. The predicted molar refractivity (Wildman–Crippen MR) is 129 cm³/mol. The normalized spacial score (nSPS) is 16.3. The van der Waals surface area contributed by atoms with Crippen molar-refractivity contribution in [3.8, 4) is 11.8 Å². The largest absolute Gasteiger partial charge is 0.496 e. The van der Waals surface area contributed by atoms with Crippen LogP contribution in [0.25, 0.3) is 0 Å². The molecule has 1 aliphatic rings. The van der Waals surface area contributed by atoms with E-state index in [4.69, 9.17) is 14.7 Å². The molecule has 1 heterocycles. The number of methoxy groups -OCH3 is 1. The molecule has 0 spiro atoms. The lowest BCUT2D eigenvalue weighted by atomic mass is 9.99. The molecule has 178 valence electrons. The highest BCUT2D eigenvalue weighted by atomic mass is 16.5. The molecule has 8 nitrogen and oxygen atoms in total. The maximum absolute atomic E-state index is 12.7. The van der Waals surface area contributed by atoms with Crippen molar-refractivity contribution in [2.24, 2.45) is 0 Å². The molecule has 1 fully saturated rings. The van der Waals surface area contributed by atoms with E-state index in [0.29, 0.717) is 28.1 Å². The third-order valence-corrected chi connectivity index (χ3v) is 5.92. The minimum absolute atomic E-state index is 0.0430. The van der Waals surface area contributed by atoms with Gasteiger partial charge in [-0.2, -0.15) is 5.26 Å². The van der Waals surface area contributed by atoms with Crippen LogP contribution in [0.1, 0.15) is 33.2 Å². The smallest absolute Gasteiger partial charge is 0.255 e. The van der Waals surface area contributed by atoms with Gasteiger partial charge >= 0.3 is 0 Å². The Labute approximate surface area is 203 Å². The van der Waals surface area contributed by atoms with E-state index in [1.165, 1.54) is 0 Å². The Morgan fingerprint density at radius 1 is 1.17 bits per heavy atom. The summed E-state index contributed by atoms with van der Waals surface area (Å²) < 4.78 is 10.9. The minimum Gasteiger partial charge on any atom is -0.496 e. The Hall–Kier alpha value is -4.19. The standard InChI is InChI=1S/C27H25N3O5/c1-34-24-5-3-2-4-21(24)15-30-23(16-35-17-25(30)31)26(32)19-10-12-22(13-11-19)29-27(33)20-8-6-18(14-28)7-9-20/h2-13,23,26,32H,15-17H2,1H3,(H,29,33)/t23-,26-/m1/s1. The number of morpholine rings is 1. The van der Waals surface area contributed by atoms with Crippen LogP contribution < -0.4 is 10.1 Å². The number of aliphatic hydroxyl groups is 1. The molecular formula is C27H25N3O5. The SMILES string of the molecule is COc1ccccc1CN1C(=O)COC[C@@H]1[C@H](O)c1ccc(NC(=O)c2ccc(C#N)cc2)cc1. The molecule has 35 heavy (non-hydrogen) atoms. The Morgan fingerprint density at radius 3 is 2.57 bits per heavy atom. The maximum atomic E-state index is 12.7. The van der Waals surface area contributed by atoms with Gasteiger partial charge in [0.15, 0.2) is 0 Å². The highest BCUT2D eigenvalue weighted by Crippen LogP contribution is 2.28. The zero-order valence-corrected chi connectivity index (χ0v) is 19.2. The summed E-state index contributed by atoms with van der Waals surface area (Å²) in [6.45, 7) is 0.435. The fourth-order valence-corrected chi connectivity index (χ4v) is 3.99. The molecule has 3 aromatic rings. The molecular weight excluding hydrogens is 446 g/mol. The number of anilines is 1. The number of aliphatic hydroxyl groups excluding tert-OH is 1. The lowest BCUT2D eigenvalue weighted by Gasteiger charge is -2.38. The van der Waals surface area contributed by atoms with Crippen molar-refractivity contribution in [2.75, 3.05) is 25.6 Å². The summed E-state index contributed by atoms with van der Waals surface area (Å²) in [7, 11) is 1.58. The van der Waals surface area contributed by atoms with Crippen LogP contribution in [0.2, 0.25) is 0 Å². The summed E-state index contributed by atoms with van der Waals surface area (Å²) in [6, 6.07) is 22.0. The van der Waals surface area contributed by atoms with Crippen LogP contribution in [0.4, 0.5) is 5.69 Å². The van der Waals surface area contributed by atoms with Gasteiger partial charge in [0.1, 0.15) is 18.5 Å². The van der Waals surface area contributed by atoms with E-state index >= 15 is 0 Å². The molecule has 8 heteroatoms. The number of hydrogen-bond acceptors (Lipinski definition) is 6. The third-order valence-electron chi connectivity index (χ3n) is 5.92. The number of nitriles is 1. The zero-order valence-electron chi connectivity index (χ0n) is 19.2. The van der Waals surface area contributed by atoms with Gasteiger partial charge in [0, 0.05) is 23.4 Å². The van der Waals surface area contributed by atoms with Crippen LogP contribution >= 0.6 is 0 Å². The second-order valence-corrected chi connectivity index (χ2v) is 8.13. The van der Waals surface area contributed by atoms with Gasteiger partial charge in [0.2, 0.25) is 5.91 Å². The molecule has 1 aliphatic heterocycles. The Kier molecular flexibility index (Phi) is 7.41.